The monoisotopic (exact) mass is 234 g/mol. The second-order valence-electron chi connectivity index (χ2n) is 3.46. The first-order valence-corrected chi connectivity index (χ1v) is 5.70. The van der Waals surface area contributed by atoms with Crippen LogP contribution < -0.4 is 0 Å². The summed E-state index contributed by atoms with van der Waals surface area (Å²) in [5, 5.41) is 3.84. The van der Waals surface area contributed by atoms with Gasteiger partial charge in [-0.25, -0.2) is 0 Å². The molecule has 4 heteroatoms. The maximum Gasteiger partial charge on any atom is 0.231 e. The average molecular weight is 234 g/mol. The van der Waals surface area contributed by atoms with Crippen molar-refractivity contribution in [2.45, 2.75) is 13.8 Å². The molecule has 0 heterocycles. The minimum absolute atomic E-state index is 0.115. The van der Waals surface area contributed by atoms with E-state index in [4.69, 9.17) is 4.84 Å². The number of oxime groups is 1. The quantitative estimate of drug-likeness (QED) is 0.339. The highest BCUT2D eigenvalue weighted by Gasteiger charge is 2.19. The average Bonchev–Trinajstić information content (AvgIpc) is 2.39. The van der Waals surface area contributed by atoms with E-state index in [1.807, 2.05) is 36.9 Å². The summed E-state index contributed by atoms with van der Waals surface area (Å²) in [6, 6.07) is 9.09. The van der Waals surface area contributed by atoms with Crippen molar-refractivity contribution in [2.75, 3.05) is 20.2 Å². The molecular formula is C13H18N2O2. The Labute approximate surface area is 102 Å². The standard InChI is InChI=1S/C13H18N2O2/c1-4-15(5-2)13(14-17-3)12(16)11-9-7-6-8-10-11/h6-10H,4-5H2,1-3H3. The van der Waals surface area contributed by atoms with Gasteiger partial charge in [-0.15, -0.1) is 0 Å². The van der Waals surface area contributed by atoms with Crippen LogP contribution in [0.15, 0.2) is 35.5 Å². The largest absolute Gasteiger partial charge is 0.397 e. The smallest absolute Gasteiger partial charge is 0.231 e. The minimum Gasteiger partial charge on any atom is -0.397 e. The summed E-state index contributed by atoms with van der Waals surface area (Å²) < 4.78 is 0. The number of ketones is 1. The van der Waals surface area contributed by atoms with Crippen molar-refractivity contribution in [3.05, 3.63) is 35.9 Å². The minimum atomic E-state index is -0.115. The molecule has 0 aromatic heterocycles. The number of carbonyl (C=O) groups excluding carboxylic acids is 1. The van der Waals surface area contributed by atoms with Gasteiger partial charge in [-0.05, 0) is 13.8 Å². The topological polar surface area (TPSA) is 41.9 Å². The van der Waals surface area contributed by atoms with Gasteiger partial charge >= 0.3 is 0 Å². The molecule has 0 bridgehead atoms. The number of hydrogen-bond acceptors (Lipinski definition) is 3. The molecule has 0 radical (unpaired) electrons. The molecule has 0 saturated heterocycles. The Balaban J connectivity index is 3.00. The summed E-state index contributed by atoms with van der Waals surface area (Å²) in [4.78, 5) is 18.9. The van der Waals surface area contributed by atoms with E-state index in [-0.39, 0.29) is 5.78 Å². The van der Waals surface area contributed by atoms with E-state index < -0.39 is 0 Å². The van der Waals surface area contributed by atoms with E-state index in [0.717, 1.165) is 13.1 Å². The number of amidine groups is 1. The van der Waals surface area contributed by atoms with Gasteiger partial charge in [0.2, 0.25) is 11.6 Å². The summed E-state index contributed by atoms with van der Waals surface area (Å²) in [6.07, 6.45) is 0. The van der Waals surface area contributed by atoms with Crippen molar-refractivity contribution in [1.29, 1.82) is 0 Å². The van der Waals surface area contributed by atoms with E-state index in [0.29, 0.717) is 11.4 Å². The normalized spacial score (nSPS) is 11.1. The Morgan fingerprint density at radius 1 is 1.24 bits per heavy atom. The maximum absolute atomic E-state index is 12.2. The van der Waals surface area contributed by atoms with E-state index >= 15 is 0 Å². The first kappa shape index (κ1) is 13.2. The zero-order valence-electron chi connectivity index (χ0n) is 10.5. The number of benzene rings is 1. The predicted molar refractivity (Wildman–Crippen MR) is 68.1 cm³/mol. The van der Waals surface area contributed by atoms with Crippen LogP contribution in [0.4, 0.5) is 0 Å². The van der Waals surface area contributed by atoms with Gasteiger partial charge in [0.15, 0.2) is 0 Å². The number of Topliss-reactive ketones (excluding diaryl/α,β-unsaturated/α-hetero) is 1. The van der Waals surface area contributed by atoms with Gasteiger partial charge in [0.25, 0.3) is 0 Å². The molecule has 0 atom stereocenters. The Hall–Kier alpha value is -1.84. The van der Waals surface area contributed by atoms with Crippen LogP contribution >= 0.6 is 0 Å². The van der Waals surface area contributed by atoms with Crippen LogP contribution in [0.5, 0.6) is 0 Å². The highest BCUT2D eigenvalue weighted by molar-refractivity contribution is 6.44. The Kier molecular flexibility index (Phi) is 5.20. The van der Waals surface area contributed by atoms with Crippen molar-refractivity contribution >= 4 is 11.6 Å². The van der Waals surface area contributed by atoms with Gasteiger partial charge in [0.1, 0.15) is 7.11 Å². The van der Waals surface area contributed by atoms with Gasteiger partial charge in [-0.1, -0.05) is 35.5 Å². The molecule has 92 valence electrons. The summed E-state index contributed by atoms with van der Waals surface area (Å²) in [6.45, 7) is 5.40. The number of hydrogen-bond donors (Lipinski definition) is 0. The maximum atomic E-state index is 12.2. The van der Waals surface area contributed by atoms with Gasteiger partial charge in [0, 0.05) is 18.7 Å². The lowest BCUT2D eigenvalue weighted by Crippen LogP contribution is -2.36. The van der Waals surface area contributed by atoms with Crippen molar-refractivity contribution in [1.82, 2.24) is 4.90 Å². The SMILES string of the molecule is CCN(CC)C(=NOC)C(=O)c1ccccc1. The molecule has 0 aliphatic rings. The molecule has 0 unspecified atom stereocenters. The summed E-state index contributed by atoms with van der Waals surface area (Å²) in [5.74, 6) is 0.236. The number of nitrogens with zero attached hydrogens (tertiary/aromatic N) is 2. The molecule has 4 nitrogen and oxygen atoms in total. The fraction of sp³-hybridized carbons (Fsp3) is 0.385. The summed E-state index contributed by atoms with van der Waals surface area (Å²) >= 11 is 0. The highest BCUT2D eigenvalue weighted by atomic mass is 16.6. The third-order valence-electron chi connectivity index (χ3n) is 2.48. The molecule has 0 fully saturated rings. The fourth-order valence-electron chi connectivity index (χ4n) is 1.57. The second kappa shape index (κ2) is 6.68. The zero-order chi connectivity index (χ0) is 12.7. The first-order valence-electron chi connectivity index (χ1n) is 5.70. The fourth-order valence-corrected chi connectivity index (χ4v) is 1.57. The summed E-state index contributed by atoms with van der Waals surface area (Å²) in [7, 11) is 1.45. The van der Waals surface area contributed by atoms with Gasteiger partial charge in [-0.2, -0.15) is 0 Å². The zero-order valence-corrected chi connectivity index (χ0v) is 10.5. The van der Waals surface area contributed by atoms with Crippen LogP contribution in [-0.2, 0) is 4.84 Å². The van der Waals surface area contributed by atoms with E-state index in [2.05, 4.69) is 5.16 Å². The van der Waals surface area contributed by atoms with E-state index in [1.54, 1.807) is 12.1 Å². The Morgan fingerprint density at radius 3 is 2.29 bits per heavy atom. The van der Waals surface area contributed by atoms with Gasteiger partial charge < -0.3 is 9.74 Å². The van der Waals surface area contributed by atoms with Crippen LogP contribution in [0.25, 0.3) is 0 Å². The molecule has 1 aromatic rings. The molecule has 0 spiro atoms. The van der Waals surface area contributed by atoms with Crippen molar-refractivity contribution in [3.8, 4) is 0 Å². The summed E-state index contributed by atoms with van der Waals surface area (Å²) in [5.41, 5.74) is 0.621. The molecule has 1 aromatic carbocycles. The van der Waals surface area contributed by atoms with Crippen LogP contribution in [0.1, 0.15) is 24.2 Å². The van der Waals surface area contributed by atoms with E-state index in [1.165, 1.54) is 7.11 Å². The Bertz CT molecular complexity index is 384. The lowest BCUT2D eigenvalue weighted by atomic mass is 10.1. The first-order chi connectivity index (χ1) is 8.24. The molecule has 0 aliphatic carbocycles. The molecule has 0 N–H and O–H groups in total. The van der Waals surface area contributed by atoms with Gasteiger partial charge in [0.05, 0.1) is 0 Å². The lowest BCUT2D eigenvalue weighted by molar-refractivity contribution is 0.103. The highest BCUT2D eigenvalue weighted by Crippen LogP contribution is 2.05. The van der Waals surface area contributed by atoms with Crippen molar-refractivity contribution in [3.63, 3.8) is 0 Å². The van der Waals surface area contributed by atoms with Crippen LogP contribution in [-0.4, -0.2) is 36.7 Å². The molecular weight excluding hydrogens is 216 g/mol. The number of likely N-dealkylation sites (N-methyl/N-ethyl adjacent to an activating group) is 1. The van der Waals surface area contributed by atoms with Crippen LogP contribution in [0.2, 0.25) is 0 Å². The van der Waals surface area contributed by atoms with Crippen molar-refractivity contribution in [2.24, 2.45) is 5.16 Å². The Morgan fingerprint density at radius 2 is 1.82 bits per heavy atom. The third-order valence-corrected chi connectivity index (χ3v) is 2.48. The third kappa shape index (κ3) is 3.31. The molecule has 0 amide bonds. The number of rotatable bonds is 5. The molecule has 0 aliphatic heterocycles. The van der Waals surface area contributed by atoms with Crippen LogP contribution in [0.3, 0.4) is 0 Å². The van der Waals surface area contributed by atoms with Gasteiger partial charge in [-0.3, -0.25) is 4.79 Å². The predicted octanol–water partition coefficient (Wildman–Crippen LogP) is 2.17. The molecule has 0 saturated carbocycles. The van der Waals surface area contributed by atoms with Crippen molar-refractivity contribution < 1.29 is 9.63 Å². The number of carbonyl (C=O) groups is 1. The molecule has 17 heavy (non-hydrogen) atoms. The lowest BCUT2D eigenvalue weighted by Gasteiger charge is -2.20. The van der Waals surface area contributed by atoms with Crippen LogP contribution in [0, 0.1) is 0 Å². The second-order valence-corrected chi connectivity index (χ2v) is 3.46. The van der Waals surface area contributed by atoms with E-state index in [9.17, 15) is 4.79 Å². The molecule has 1 rings (SSSR count).